The lowest BCUT2D eigenvalue weighted by Gasteiger charge is -2.19. The quantitative estimate of drug-likeness (QED) is 0.905. The van der Waals surface area contributed by atoms with Crippen LogP contribution in [-0.4, -0.2) is 11.0 Å². The zero-order chi connectivity index (χ0) is 14.3. The van der Waals surface area contributed by atoms with Crippen molar-refractivity contribution in [2.75, 3.05) is 0 Å². The number of nitrogens with one attached hydrogen (secondary N) is 1. The van der Waals surface area contributed by atoms with E-state index in [-0.39, 0.29) is 6.04 Å². The van der Waals surface area contributed by atoms with Crippen LogP contribution >= 0.6 is 22.7 Å². The number of rotatable bonds is 4. The van der Waals surface area contributed by atoms with Gasteiger partial charge in [0.25, 0.3) is 0 Å². The molecule has 2 heterocycles. The number of thiophene rings is 1. The molecule has 4 heteroatoms. The van der Waals surface area contributed by atoms with Gasteiger partial charge in [-0.15, -0.1) is 22.7 Å². The van der Waals surface area contributed by atoms with Gasteiger partial charge in [0.15, 0.2) is 0 Å². The molecule has 0 saturated heterocycles. The molecular formula is C16H22N2S2. The Kier molecular flexibility index (Phi) is 3.98. The monoisotopic (exact) mass is 306 g/mol. The molecule has 2 aromatic rings. The third kappa shape index (κ3) is 2.69. The molecular weight excluding hydrogens is 284 g/mol. The maximum absolute atomic E-state index is 4.93. The van der Waals surface area contributed by atoms with E-state index in [1.807, 2.05) is 22.7 Å². The van der Waals surface area contributed by atoms with E-state index in [1.54, 1.807) is 0 Å². The van der Waals surface area contributed by atoms with Gasteiger partial charge in [0.1, 0.15) is 5.01 Å². The molecule has 108 valence electrons. The fourth-order valence-electron chi connectivity index (χ4n) is 2.90. The highest BCUT2D eigenvalue weighted by molar-refractivity contribution is 7.12. The van der Waals surface area contributed by atoms with Gasteiger partial charge in [-0.25, -0.2) is 4.98 Å². The molecule has 2 aromatic heterocycles. The number of fused-ring (bicyclic) bond motifs is 1. The first-order valence-corrected chi connectivity index (χ1v) is 8.99. The summed E-state index contributed by atoms with van der Waals surface area (Å²) in [5.41, 5.74) is 2.76. The molecule has 0 bridgehead atoms. The van der Waals surface area contributed by atoms with E-state index >= 15 is 0 Å². The summed E-state index contributed by atoms with van der Waals surface area (Å²) < 4.78 is 0. The molecule has 0 aromatic carbocycles. The van der Waals surface area contributed by atoms with E-state index in [1.165, 1.54) is 50.2 Å². The Bertz CT molecular complexity index is 589. The van der Waals surface area contributed by atoms with Gasteiger partial charge >= 0.3 is 0 Å². The topological polar surface area (TPSA) is 24.9 Å². The second-order valence-corrected chi connectivity index (χ2v) is 8.47. The highest BCUT2D eigenvalue weighted by Crippen LogP contribution is 2.36. The summed E-state index contributed by atoms with van der Waals surface area (Å²) >= 11 is 3.80. The number of hydrogen-bond acceptors (Lipinski definition) is 4. The largest absolute Gasteiger partial charge is 0.302 e. The Morgan fingerprint density at radius 2 is 2.00 bits per heavy atom. The molecule has 1 atom stereocenters. The number of aromatic nitrogens is 1. The summed E-state index contributed by atoms with van der Waals surface area (Å²) in [5.74, 6) is 0. The average molecular weight is 306 g/mol. The fraction of sp³-hybridized carbons (Fsp3) is 0.562. The van der Waals surface area contributed by atoms with Crippen LogP contribution in [0.15, 0.2) is 6.07 Å². The first-order valence-electron chi connectivity index (χ1n) is 7.36. The maximum atomic E-state index is 4.93. The Balaban J connectivity index is 1.99. The molecule has 0 saturated carbocycles. The minimum absolute atomic E-state index is 0.260. The van der Waals surface area contributed by atoms with Crippen molar-refractivity contribution in [2.24, 2.45) is 0 Å². The standard InChI is InChI=1S/C16H22N2S2/c1-9(2)17-15(12-8-10(3)19-11(12)4)16-18-13-6-5-7-14(13)20-16/h8-9,15,17H,5-7H2,1-4H3. The normalized spacial score (nSPS) is 15.8. The molecule has 1 N–H and O–H groups in total. The van der Waals surface area contributed by atoms with E-state index in [2.05, 4.69) is 39.1 Å². The minimum atomic E-state index is 0.260. The van der Waals surface area contributed by atoms with E-state index in [0.717, 1.165) is 0 Å². The van der Waals surface area contributed by atoms with E-state index < -0.39 is 0 Å². The second kappa shape index (κ2) is 5.58. The lowest BCUT2D eigenvalue weighted by atomic mass is 10.1. The third-order valence-electron chi connectivity index (χ3n) is 3.75. The molecule has 0 amide bonds. The molecule has 0 radical (unpaired) electrons. The molecule has 0 fully saturated rings. The predicted octanol–water partition coefficient (Wildman–Crippen LogP) is 4.40. The lowest BCUT2D eigenvalue weighted by molar-refractivity contribution is 0.526. The van der Waals surface area contributed by atoms with Crippen LogP contribution in [0, 0.1) is 13.8 Å². The van der Waals surface area contributed by atoms with Crippen molar-refractivity contribution < 1.29 is 0 Å². The van der Waals surface area contributed by atoms with Gasteiger partial charge in [-0.05, 0) is 58.6 Å². The van der Waals surface area contributed by atoms with Crippen LogP contribution in [0.3, 0.4) is 0 Å². The predicted molar refractivity (Wildman–Crippen MR) is 88.0 cm³/mol. The molecule has 0 spiro atoms. The summed E-state index contributed by atoms with van der Waals surface area (Å²) in [7, 11) is 0. The molecule has 1 unspecified atom stereocenters. The van der Waals surface area contributed by atoms with Crippen LogP contribution in [0.4, 0.5) is 0 Å². The van der Waals surface area contributed by atoms with Gasteiger partial charge < -0.3 is 5.32 Å². The number of thiazole rings is 1. The summed E-state index contributed by atoms with van der Waals surface area (Å²) in [4.78, 5) is 9.24. The summed E-state index contributed by atoms with van der Waals surface area (Å²) in [6.45, 7) is 8.84. The van der Waals surface area contributed by atoms with Crippen LogP contribution < -0.4 is 5.32 Å². The van der Waals surface area contributed by atoms with Crippen molar-refractivity contribution >= 4 is 22.7 Å². The van der Waals surface area contributed by atoms with Crippen molar-refractivity contribution in [3.05, 3.63) is 37.0 Å². The van der Waals surface area contributed by atoms with Crippen LogP contribution in [0.2, 0.25) is 0 Å². The zero-order valence-corrected chi connectivity index (χ0v) is 14.3. The highest BCUT2D eigenvalue weighted by Gasteiger charge is 2.25. The Labute approximate surface area is 129 Å². The summed E-state index contributed by atoms with van der Waals surface area (Å²) in [6.07, 6.45) is 3.68. The van der Waals surface area contributed by atoms with Gasteiger partial charge in [-0.1, -0.05) is 0 Å². The molecule has 2 nitrogen and oxygen atoms in total. The first-order chi connectivity index (χ1) is 9.54. The number of aryl methyl sites for hydroxylation is 4. The van der Waals surface area contributed by atoms with Crippen LogP contribution in [0.25, 0.3) is 0 Å². The van der Waals surface area contributed by atoms with Crippen LogP contribution in [0.5, 0.6) is 0 Å². The Morgan fingerprint density at radius 3 is 2.60 bits per heavy atom. The van der Waals surface area contributed by atoms with Crippen LogP contribution in [-0.2, 0) is 12.8 Å². The fourth-order valence-corrected chi connectivity index (χ4v) is 5.09. The van der Waals surface area contributed by atoms with Gasteiger partial charge in [0.05, 0.1) is 11.7 Å². The maximum Gasteiger partial charge on any atom is 0.115 e. The van der Waals surface area contributed by atoms with E-state index in [0.29, 0.717) is 6.04 Å². The average Bonchev–Trinajstić information content (AvgIpc) is 3.00. The molecule has 1 aliphatic carbocycles. The van der Waals surface area contributed by atoms with Crippen molar-refractivity contribution in [1.82, 2.24) is 10.3 Å². The van der Waals surface area contributed by atoms with Gasteiger partial charge in [-0.3, -0.25) is 0 Å². The SMILES string of the molecule is Cc1cc(C(NC(C)C)c2nc3c(s2)CCC3)c(C)s1. The zero-order valence-electron chi connectivity index (χ0n) is 12.6. The van der Waals surface area contributed by atoms with E-state index in [9.17, 15) is 0 Å². The Morgan fingerprint density at radius 1 is 1.20 bits per heavy atom. The van der Waals surface area contributed by atoms with Crippen molar-refractivity contribution in [3.63, 3.8) is 0 Å². The summed E-state index contributed by atoms with van der Waals surface area (Å²) in [5, 5.41) is 4.96. The molecule has 20 heavy (non-hydrogen) atoms. The van der Waals surface area contributed by atoms with Crippen molar-refractivity contribution in [3.8, 4) is 0 Å². The first kappa shape index (κ1) is 14.2. The molecule has 1 aliphatic rings. The number of nitrogens with zero attached hydrogens (tertiary/aromatic N) is 1. The van der Waals surface area contributed by atoms with Crippen molar-refractivity contribution in [2.45, 2.75) is 59.0 Å². The van der Waals surface area contributed by atoms with Gasteiger partial charge in [0, 0.05) is 20.7 Å². The van der Waals surface area contributed by atoms with Crippen LogP contribution in [0.1, 0.15) is 57.2 Å². The summed E-state index contributed by atoms with van der Waals surface area (Å²) in [6, 6.07) is 3.04. The van der Waals surface area contributed by atoms with E-state index in [4.69, 9.17) is 4.98 Å². The Hall–Kier alpha value is -0.710. The molecule has 3 rings (SSSR count). The third-order valence-corrected chi connectivity index (χ3v) is 5.95. The second-order valence-electron chi connectivity index (χ2n) is 5.90. The van der Waals surface area contributed by atoms with Gasteiger partial charge in [0.2, 0.25) is 0 Å². The highest BCUT2D eigenvalue weighted by atomic mass is 32.1. The minimum Gasteiger partial charge on any atom is -0.302 e. The van der Waals surface area contributed by atoms with Crippen molar-refractivity contribution in [1.29, 1.82) is 0 Å². The molecule has 0 aliphatic heterocycles. The number of hydrogen-bond donors (Lipinski definition) is 1. The lowest BCUT2D eigenvalue weighted by Crippen LogP contribution is -2.29. The van der Waals surface area contributed by atoms with Gasteiger partial charge in [-0.2, -0.15) is 0 Å². The smallest absolute Gasteiger partial charge is 0.115 e.